The van der Waals surface area contributed by atoms with Crippen LogP contribution in [0.1, 0.15) is 39.3 Å². The quantitative estimate of drug-likeness (QED) is 0.668. The first-order valence-corrected chi connectivity index (χ1v) is 7.42. The highest BCUT2D eigenvalue weighted by atomic mass is 32.2. The summed E-state index contributed by atoms with van der Waals surface area (Å²) in [5, 5.41) is 0. The monoisotopic (exact) mass is 299 g/mol. The highest BCUT2D eigenvalue weighted by molar-refractivity contribution is 8.00. The Morgan fingerprint density at radius 3 is 2.55 bits per heavy atom. The molecule has 2 atom stereocenters. The molecule has 0 amide bonds. The molecular weight excluding hydrogens is 277 g/mol. The Balaban J connectivity index is 2.98. The smallest absolute Gasteiger partial charge is 0.342 e. The molecule has 0 bridgehead atoms. The van der Waals surface area contributed by atoms with Crippen LogP contribution in [0.4, 0.5) is 4.39 Å². The largest absolute Gasteiger partial charge is 0.464 e. The third kappa shape index (κ3) is 4.80. The van der Waals surface area contributed by atoms with Gasteiger partial charge in [-0.15, -0.1) is 11.8 Å². The van der Waals surface area contributed by atoms with Crippen molar-refractivity contribution in [2.75, 3.05) is 6.61 Å². The summed E-state index contributed by atoms with van der Waals surface area (Å²) < 4.78 is 18.7. The number of benzene rings is 1. The summed E-state index contributed by atoms with van der Waals surface area (Å²) in [5.41, 5.74) is 6.53. The molecule has 0 aromatic heterocycles. The Labute approximate surface area is 124 Å². The van der Waals surface area contributed by atoms with Gasteiger partial charge in [-0.25, -0.2) is 9.18 Å². The maximum absolute atomic E-state index is 14.1. The van der Waals surface area contributed by atoms with E-state index in [4.69, 9.17) is 5.73 Å². The molecule has 0 aliphatic heterocycles. The number of carbonyl (C=O) groups excluding carboxylic acids is 1. The van der Waals surface area contributed by atoms with Gasteiger partial charge in [0.1, 0.15) is 0 Å². The van der Waals surface area contributed by atoms with Gasteiger partial charge >= 0.3 is 5.97 Å². The molecule has 1 rings (SSSR count). The molecule has 112 valence electrons. The lowest BCUT2D eigenvalue weighted by Crippen LogP contribution is -2.32. The van der Waals surface area contributed by atoms with Gasteiger partial charge in [-0.05, 0) is 18.6 Å². The molecule has 0 aliphatic carbocycles. The van der Waals surface area contributed by atoms with E-state index in [1.54, 1.807) is 30.8 Å². The summed E-state index contributed by atoms with van der Waals surface area (Å²) >= 11 is 1.60. The lowest BCUT2D eigenvalue weighted by atomic mass is 10.0. The van der Waals surface area contributed by atoms with E-state index in [1.165, 1.54) is 0 Å². The normalized spacial score (nSPS) is 14.7. The summed E-state index contributed by atoms with van der Waals surface area (Å²) in [7, 11) is 0. The zero-order valence-electron chi connectivity index (χ0n) is 12.4. The molecule has 0 aliphatic rings. The molecular formula is C15H22FNO2S. The predicted molar refractivity (Wildman–Crippen MR) is 80.5 cm³/mol. The third-order valence-electron chi connectivity index (χ3n) is 2.52. The average molecular weight is 299 g/mol. The second-order valence-electron chi connectivity index (χ2n) is 5.43. The molecule has 1 aromatic carbocycles. The molecule has 5 heteroatoms. The Hall–Kier alpha value is -1.07. The van der Waals surface area contributed by atoms with Crippen LogP contribution in [0.2, 0.25) is 0 Å². The number of carbonyl (C=O) groups is 1. The highest BCUT2D eigenvalue weighted by Gasteiger charge is 2.30. The van der Waals surface area contributed by atoms with E-state index in [0.717, 1.165) is 4.90 Å². The van der Waals surface area contributed by atoms with Crippen molar-refractivity contribution in [2.45, 2.75) is 49.6 Å². The second-order valence-corrected chi connectivity index (χ2v) is 7.30. The van der Waals surface area contributed by atoms with Crippen LogP contribution in [0.15, 0.2) is 29.2 Å². The summed E-state index contributed by atoms with van der Waals surface area (Å²) in [6, 6.07) is 6.30. The minimum atomic E-state index is -1.85. The topological polar surface area (TPSA) is 52.3 Å². The number of ether oxygens (including phenoxy) is 1. The summed E-state index contributed by atoms with van der Waals surface area (Å²) in [4.78, 5) is 12.4. The van der Waals surface area contributed by atoms with Gasteiger partial charge in [0.15, 0.2) is 0 Å². The maximum atomic E-state index is 14.1. The number of thioether (sulfide) groups is 1. The van der Waals surface area contributed by atoms with Crippen LogP contribution < -0.4 is 5.73 Å². The molecule has 3 nitrogen and oxygen atoms in total. The van der Waals surface area contributed by atoms with Crippen molar-refractivity contribution in [1.82, 2.24) is 0 Å². The number of alkyl halides is 1. The molecule has 0 saturated carbocycles. The van der Waals surface area contributed by atoms with Crippen molar-refractivity contribution in [3.05, 3.63) is 29.8 Å². The van der Waals surface area contributed by atoms with Gasteiger partial charge in [-0.2, -0.15) is 0 Å². The van der Waals surface area contributed by atoms with E-state index >= 15 is 0 Å². The molecule has 0 spiro atoms. The van der Waals surface area contributed by atoms with E-state index in [2.05, 4.69) is 25.5 Å². The number of esters is 1. The Kier molecular flexibility index (Phi) is 6.02. The van der Waals surface area contributed by atoms with Crippen molar-refractivity contribution in [3.8, 4) is 0 Å². The van der Waals surface area contributed by atoms with Crippen molar-refractivity contribution in [3.63, 3.8) is 0 Å². The van der Waals surface area contributed by atoms with Gasteiger partial charge in [-0.3, -0.25) is 0 Å². The van der Waals surface area contributed by atoms with Crippen LogP contribution in [-0.4, -0.2) is 23.5 Å². The van der Waals surface area contributed by atoms with Crippen LogP contribution >= 0.6 is 11.8 Å². The van der Waals surface area contributed by atoms with E-state index in [-0.39, 0.29) is 11.4 Å². The number of hydrogen-bond donors (Lipinski definition) is 1. The summed E-state index contributed by atoms with van der Waals surface area (Å²) in [5.74, 6) is -0.907. The van der Waals surface area contributed by atoms with Crippen LogP contribution in [0.3, 0.4) is 0 Å². The van der Waals surface area contributed by atoms with Crippen molar-refractivity contribution in [2.24, 2.45) is 5.73 Å². The fraction of sp³-hybridized carbons (Fsp3) is 0.533. The Bertz CT molecular complexity index is 459. The fourth-order valence-electron chi connectivity index (χ4n) is 1.70. The Morgan fingerprint density at radius 1 is 1.40 bits per heavy atom. The minimum Gasteiger partial charge on any atom is -0.464 e. The molecule has 20 heavy (non-hydrogen) atoms. The van der Waals surface area contributed by atoms with Crippen LogP contribution in [0.5, 0.6) is 0 Å². The van der Waals surface area contributed by atoms with Gasteiger partial charge in [0.2, 0.25) is 6.17 Å². The minimum absolute atomic E-state index is 0.0223. The first-order chi connectivity index (χ1) is 9.26. The number of halogens is 1. The third-order valence-corrected chi connectivity index (χ3v) is 3.73. The predicted octanol–water partition coefficient (Wildman–Crippen LogP) is 3.48. The van der Waals surface area contributed by atoms with E-state index in [9.17, 15) is 9.18 Å². The highest BCUT2D eigenvalue weighted by Crippen LogP contribution is 2.36. The molecule has 0 radical (unpaired) electrons. The van der Waals surface area contributed by atoms with Gasteiger partial charge < -0.3 is 10.5 Å². The van der Waals surface area contributed by atoms with Gasteiger partial charge in [-0.1, -0.05) is 39.0 Å². The van der Waals surface area contributed by atoms with Gasteiger partial charge in [0.05, 0.1) is 12.6 Å². The summed E-state index contributed by atoms with van der Waals surface area (Å²) in [6.07, 6.45) is -1.85. The molecule has 1 aromatic rings. The lowest BCUT2D eigenvalue weighted by molar-refractivity contribution is -0.149. The van der Waals surface area contributed by atoms with E-state index in [1.807, 2.05) is 12.1 Å². The first kappa shape index (κ1) is 17.0. The van der Waals surface area contributed by atoms with Crippen LogP contribution in [0, 0.1) is 0 Å². The van der Waals surface area contributed by atoms with Crippen molar-refractivity contribution in [1.29, 1.82) is 0 Å². The fourth-order valence-corrected chi connectivity index (χ4v) is 2.83. The number of rotatable bonds is 5. The van der Waals surface area contributed by atoms with Gasteiger partial charge in [0, 0.05) is 9.64 Å². The molecule has 0 saturated heterocycles. The second kappa shape index (κ2) is 7.09. The zero-order chi connectivity index (χ0) is 15.3. The standard InChI is InChI=1S/C15H22FNO2S/c1-5-19-14(18)12(16)13(17)10-8-6-7-9-11(10)20-15(2,3)4/h6-9,12-13H,5,17H2,1-4H3/t12?,13-/m0/s1. The Morgan fingerprint density at radius 2 is 2.00 bits per heavy atom. The SMILES string of the molecule is CCOC(=O)C(F)[C@@H](N)c1ccccc1SC(C)(C)C. The molecule has 1 unspecified atom stereocenters. The summed E-state index contributed by atoms with van der Waals surface area (Å²) in [6.45, 7) is 7.98. The lowest BCUT2D eigenvalue weighted by Gasteiger charge is -2.23. The average Bonchev–Trinajstić information content (AvgIpc) is 2.36. The molecule has 0 heterocycles. The van der Waals surface area contributed by atoms with Crippen molar-refractivity contribution < 1.29 is 13.9 Å². The van der Waals surface area contributed by atoms with Crippen LogP contribution in [0.25, 0.3) is 0 Å². The number of hydrogen-bond acceptors (Lipinski definition) is 4. The molecule has 2 N–H and O–H groups in total. The maximum Gasteiger partial charge on any atom is 0.342 e. The zero-order valence-corrected chi connectivity index (χ0v) is 13.2. The molecule has 0 fully saturated rings. The van der Waals surface area contributed by atoms with E-state index < -0.39 is 18.2 Å². The number of nitrogens with two attached hydrogens (primary N) is 1. The van der Waals surface area contributed by atoms with Crippen LogP contribution in [-0.2, 0) is 9.53 Å². The van der Waals surface area contributed by atoms with Crippen molar-refractivity contribution >= 4 is 17.7 Å². The first-order valence-electron chi connectivity index (χ1n) is 6.60. The van der Waals surface area contributed by atoms with Gasteiger partial charge in [0.25, 0.3) is 0 Å². The van der Waals surface area contributed by atoms with E-state index in [0.29, 0.717) is 5.56 Å².